The lowest BCUT2D eigenvalue weighted by Gasteiger charge is -2.10. The molecule has 0 fully saturated rings. The summed E-state index contributed by atoms with van der Waals surface area (Å²) >= 11 is 0. The van der Waals surface area contributed by atoms with Gasteiger partial charge in [0.05, 0.1) is 6.42 Å². The van der Waals surface area contributed by atoms with E-state index in [2.05, 4.69) is 15.3 Å². The maximum atomic E-state index is 12.1. The summed E-state index contributed by atoms with van der Waals surface area (Å²) in [6, 6.07) is 5.75. The Kier molecular flexibility index (Phi) is 4.07. The molecule has 6 nitrogen and oxygen atoms in total. The summed E-state index contributed by atoms with van der Waals surface area (Å²) in [6.07, 6.45) is -0.0919. The average Bonchev–Trinajstić information content (AvgIpc) is 2.38. The highest BCUT2D eigenvalue weighted by atomic mass is 16.2. The van der Waals surface area contributed by atoms with Gasteiger partial charge in [0.15, 0.2) is 0 Å². The molecule has 3 N–H and O–H groups in total. The molecule has 0 atom stereocenters. The third kappa shape index (κ3) is 3.47. The van der Waals surface area contributed by atoms with Gasteiger partial charge in [-0.05, 0) is 38.0 Å². The Hall–Kier alpha value is -2.63. The van der Waals surface area contributed by atoms with E-state index in [0.29, 0.717) is 5.69 Å². The van der Waals surface area contributed by atoms with E-state index < -0.39 is 11.2 Å². The van der Waals surface area contributed by atoms with Crippen LogP contribution in [0.4, 0.5) is 5.69 Å². The molecule has 0 radical (unpaired) electrons. The van der Waals surface area contributed by atoms with E-state index >= 15 is 0 Å². The second kappa shape index (κ2) is 5.78. The standard InChI is InChI=1S/C15H17N3O3/c1-8-4-5-9(2)12(6-8)17-13(19)7-11-10(3)16-15(21)18-14(11)20/h4-6H,7H2,1-3H3,(H,17,19)(H2,16,18,20,21). The first-order valence-corrected chi connectivity index (χ1v) is 6.56. The maximum absolute atomic E-state index is 12.1. The van der Waals surface area contributed by atoms with Crippen LogP contribution in [0.25, 0.3) is 0 Å². The normalized spacial score (nSPS) is 10.4. The van der Waals surface area contributed by atoms with E-state index in [-0.39, 0.29) is 17.9 Å². The number of hydrogen-bond acceptors (Lipinski definition) is 3. The minimum atomic E-state index is -0.573. The van der Waals surface area contributed by atoms with Gasteiger partial charge in [0.2, 0.25) is 5.91 Å². The number of anilines is 1. The molecule has 0 bridgehead atoms. The average molecular weight is 287 g/mol. The second-order valence-electron chi connectivity index (χ2n) is 5.06. The summed E-state index contributed by atoms with van der Waals surface area (Å²) in [5.41, 5.74) is 2.26. The second-order valence-corrected chi connectivity index (χ2v) is 5.06. The predicted octanol–water partition coefficient (Wildman–Crippen LogP) is 1.17. The molecule has 0 unspecified atom stereocenters. The number of hydrogen-bond donors (Lipinski definition) is 3. The van der Waals surface area contributed by atoms with Crippen LogP contribution in [-0.2, 0) is 11.2 Å². The number of amides is 1. The van der Waals surface area contributed by atoms with Crippen LogP contribution in [0.1, 0.15) is 22.4 Å². The lowest BCUT2D eigenvalue weighted by Crippen LogP contribution is -2.29. The summed E-state index contributed by atoms with van der Waals surface area (Å²) in [5.74, 6) is -0.302. The molecule has 110 valence electrons. The lowest BCUT2D eigenvalue weighted by molar-refractivity contribution is -0.115. The zero-order valence-corrected chi connectivity index (χ0v) is 12.2. The molecule has 0 aliphatic rings. The van der Waals surface area contributed by atoms with Crippen LogP contribution in [-0.4, -0.2) is 15.9 Å². The predicted molar refractivity (Wildman–Crippen MR) is 80.7 cm³/mol. The SMILES string of the molecule is Cc1ccc(C)c(NC(=O)Cc2c(C)[nH]c(=O)[nH]c2=O)c1. The van der Waals surface area contributed by atoms with E-state index in [9.17, 15) is 14.4 Å². The number of aromatic nitrogens is 2. The van der Waals surface area contributed by atoms with Gasteiger partial charge in [-0.15, -0.1) is 0 Å². The van der Waals surface area contributed by atoms with E-state index in [1.165, 1.54) is 0 Å². The molecular formula is C15H17N3O3. The number of aromatic amines is 2. The van der Waals surface area contributed by atoms with Gasteiger partial charge >= 0.3 is 5.69 Å². The van der Waals surface area contributed by atoms with E-state index in [0.717, 1.165) is 16.8 Å². The van der Waals surface area contributed by atoms with Crippen LogP contribution < -0.4 is 16.6 Å². The third-order valence-corrected chi connectivity index (χ3v) is 3.26. The molecule has 2 rings (SSSR count). The fraction of sp³-hybridized carbons (Fsp3) is 0.267. The first-order chi connectivity index (χ1) is 9.86. The Labute approximate surface area is 121 Å². The smallest absolute Gasteiger partial charge is 0.325 e. The van der Waals surface area contributed by atoms with Crippen molar-refractivity contribution in [3.05, 3.63) is 61.4 Å². The molecule has 1 amide bonds. The minimum Gasteiger partial charge on any atom is -0.326 e. The van der Waals surface area contributed by atoms with Crippen LogP contribution in [0, 0.1) is 20.8 Å². The van der Waals surface area contributed by atoms with Crippen LogP contribution in [0.3, 0.4) is 0 Å². The third-order valence-electron chi connectivity index (χ3n) is 3.26. The molecule has 0 aliphatic carbocycles. The first kappa shape index (κ1) is 14.8. The van der Waals surface area contributed by atoms with Gasteiger partial charge in [0, 0.05) is 16.9 Å². The molecule has 6 heteroatoms. The molecule has 0 saturated heterocycles. The van der Waals surface area contributed by atoms with Gasteiger partial charge in [0.25, 0.3) is 5.56 Å². The summed E-state index contributed by atoms with van der Waals surface area (Å²) in [5, 5.41) is 2.78. The van der Waals surface area contributed by atoms with Gasteiger partial charge in [-0.1, -0.05) is 12.1 Å². The van der Waals surface area contributed by atoms with Crippen molar-refractivity contribution >= 4 is 11.6 Å². The lowest BCUT2D eigenvalue weighted by atomic mass is 10.1. The van der Waals surface area contributed by atoms with Crippen molar-refractivity contribution in [3.63, 3.8) is 0 Å². The highest BCUT2D eigenvalue weighted by Gasteiger charge is 2.12. The summed E-state index contributed by atoms with van der Waals surface area (Å²) in [4.78, 5) is 39.5. The van der Waals surface area contributed by atoms with Gasteiger partial charge in [0.1, 0.15) is 0 Å². The summed E-state index contributed by atoms with van der Waals surface area (Å²) in [7, 11) is 0. The molecule has 1 aromatic carbocycles. The quantitative estimate of drug-likeness (QED) is 0.790. The van der Waals surface area contributed by atoms with Crippen molar-refractivity contribution in [2.45, 2.75) is 27.2 Å². The Balaban J connectivity index is 2.21. The molecule has 1 aromatic heterocycles. The highest BCUT2D eigenvalue weighted by Crippen LogP contribution is 2.16. The fourth-order valence-electron chi connectivity index (χ4n) is 2.06. The van der Waals surface area contributed by atoms with Gasteiger partial charge in [-0.2, -0.15) is 0 Å². The van der Waals surface area contributed by atoms with Crippen LogP contribution in [0.2, 0.25) is 0 Å². The summed E-state index contributed by atoms with van der Waals surface area (Å²) < 4.78 is 0. The van der Waals surface area contributed by atoms with Crippen LogP contribution in [0.15, 0.2) is 27.8 Å². The number of nitrogens with one attached hydrogen (secondary N) is 3. The van der Waals surface area contributed by atoms with Crippen molar-refractivity contribution < 1.29 is 4.79 Å². The van der Waals surface area contributed by atoms with Gasteiger partial charge < -0.3 is 10.3 Å². The van der Waals surface area contributed by atoms with E-state index in [4.69, 9.17) is 0 Å². The number of rotatable bonds is 3. The van der Waals surface area contributed by atoms with E-state index in [1.54, 1.807) is 6.92 Å². The van der Waals surface area contributed by atoms with Crippen molar-refractivity contribution in [1.29, 1.82) is 0 Å². The van der Waals surface area contributed by atoms with Gasteiger partial charge in [-0.3, -0.25) is 14.6 Å². The Bertz CT molecular complexity index is 803. The van der Waals surface area contributed by atoms with Crippen molar-refractivity contribution in [2.75, 3.05) is 5.32 Å². The van der Waals surface area contributed by atoms with Crippen LogP contribution in [0.5, 0.6) is 0 Å². The topological polar surface area (TPSA) is 94.8 Å². The Morgan fingerprint density at radius 1 is 1.14 bits per heavy atom. The number of carbonyl (C=O) groups excluding carboxylic acids is 1. The Morgan fingerprint density at radius 2 is 1.86 bits per heavy atom. The molecule has 0 spiro atoms. The maximum Gasteiger partial charge on any atom is 0.325 e. The highest BCUT2D eigenvalue weighted by molar-refractivity contribution is 5.93. The molecule has 0 aliphatic heterocycles. The fourth-order valence-corrected chi connectivity index (χ4v) is 2.06. The number of H-pyrrole nitrogens is 2. The van der Waals surface area contributed by atoms with Crippen molar-refractivity contribution in [1.82, 2.24) is 9.97 Å². The molecule has 21 heavy (non-hydrogen) atoms. The molecular weight excluding hydrogens is 270 g/mol. The molecule has 2 aromatic rings. The minimum absolute atomic E-state index is 0.0919. The van der Waals surface area contributed by atoms with Gasteiger partial charge in [-0.25, -0.2) is 4.79 Å². The first-order valence-electron chi connectivity index (χ1n) is 6.56. The number of carbonyl (C=O) groups is 1. The zero-order valence-electron chi connectivity index (χ0n) is 12.2. The molecule has 0 saturated carbocycles. The number of aryl methyl sites for hydroxylation is 3. The monoisotopic (exact) mass is 287 g/mol. The van der Waals surface area contributed by atoms with Crippen molar-refractivity contribution in [3.8, 4) is 0 Å². The summed E-state index contributed by atoms with van der Waals surface area (Å²) in [6.45, 7) is 5.43. The Morgan fingerprint density at radius 3 is 2.52 bits per heavy atom. The van der Waals surface area contributed by atoms with E-state index in [1.807, 2.05) is 32.0 Å². The zero-order chi connectivity index (χ0) is 15.6. The largest absolute Gasteiger partial charge is 0.326 e. The van der Waals surface area contributed by atoms with Crippen molar-refractivity contribution in [2.24, 2.45) is 0 Å². The van der Waals surface area contributed by atoms with Crippen LogP contribution >= 0.6 is 0 Å². The molecule has 1 heterocycles. The number of benzene rings is 1.